The highest BCUT2D eigenvalue weighted by atomic mass is 16.5. The lowest BCUT2D eigenvalue weighted by Crippen LogP contribution is -2.14. The molecule has 1 aromatic heterocycles. The zero-order valence-corrected chi connectivity index (χ0v) is 19.4. The highest BCUT2D eigenvalue weighted by Gasteiger charge is 2.34. The molecule has 32 heavy (non-hydrogen) atoms. The van der Waals surface area contributed by atoms with Gasteiger partial charge in [0.1, 0.15) is 0 Å². The van der Waals surface area contributed by atoms with Crippen molar-refractivity contribution < 1.29 is 19.7 Å². The lowest BCUT2D eigenvalue weighted by molar-refractivity contribution is -0.140. The largest absolute Gasteiger partial charge is 0.469 e. The van der Waals surface area contributed by atoms with Crippen molar-refractivity contribution in [2.45, 2.75) is 82.8 Å². The Morgan fingerprint density at radius 2 is 2.00 bits per heavy atom. The number of ether oxygens (including phenoxy) is 1. The van der Waals surface area contributed by atoms with E-state index in [0.29, 0.717) is 12.8 Å². The highest BCUT2D eigenvalue weighted by molar-refractivity contribution is 5.69. The van der Waals surface area contributed by atoms with Gasteiger partial charge in [0.15, 0.2) is 0 Å². The van der Waals surface area contributed by atoms with E-state index in [0.717, 1.165) is 61.9 Å². The first-order valence-electron chi connectivity index (χ1n) is 11.9. The Labute approximate surface area is 191 Å². The molecule has 0 radical (unpaired) electrons. The number of fused-ring (bicyclic) bond motifs is 1. The second kappa shape index (κ2) is 12.0. The molecule has 174 valence electrons. The van der Waals surface area contributed by atoms with Crippen molar-refractivity contribution >= 4 is 5.97 Å². The molecule has 0 saturated carbocycles. The first kappa shape index (κ1) is 24.3. The number of methoxy groups -OCH3 is 1. The number of para-hydroxylation sites is 1. The third kappa shape index (κ3) is 6.11. The van der Waals surface area contributed by atoms with Crippen molar-refractivity contribution in [1.29, 1.82) is 0 Å². The summed E-state index contributed by atoms with van der Waals surface area (Å²) in [6, 6.07) is 12.4. The highest BCUT2D eigenvalue weighted by Crippen LogP contribution is 2.39. The molecule has 0 aliphatic heterocycles. The molecule has 3 rings (SSSR count). The number of benzene rings is 1. The molecule has 5 heteroatoms. The molecule has 0 bridgehead atoms. The zero-order chi connectivity index (χ0) is 22.9. The van der Waals surface area contributed by atoms with Crippen molar-refractivity contribution in [2.24, 2.45) is 0 Å². The molecule has 1 aliphatic carbocycles. The number of carbonyl (C=O) groups is 1. The minimum absolute atomic E-state index is 0.107. The molecule has 1 aliphatic rings. The van der Waals surface area contributed by atoms with E-state index < -0.39 is 12.2 Å². The van der Waals surface area contributed by atoms with E-state index in [4.69, 9.17) is 4.74 Å². The molecule has 0 fully saturated rings. The van der Waals surface area contributed by atoms with Crippen LogP contribution in [-0.4, -0.2) is 40.1 Å². The Balaban J connectivity index is 1.80. The summed E-state index contributed by atoms with van der Waals surface area (Å²) in [5.74, 6) is -0.277. The van der Waals surface area contributed by atoms with Crippen LogP contribution >= 0.6 is 0 Å². The first-order chi connectivity index (χ1) is 15.5. The van der Waals surface area contributed by atoms with Crippen LogP contribution in [-0.2, 0) is 22.4 Å². The summed E-state index contributed by atoms with van der Waals surface area (Å²) in [5.41, 5.74) is 4.57. The van der Waals surface area contributed by atoms with Crippen LogP contribution in [0.1, 0.15) is 74.7 Å². The molecular formula is C27H37NO4. The van der Waals surface area contributed by atoms with Crippen molar-refractivity contribution in [3.05, 3.63) is 65.5 Å². The molecule has 2 aromatic rings. The van der Waals surface area contributed by atoms with E-state index in [1.54, 1.807) is 0 Å². The van der Waals surface area contributed by atoms with Crippen LogP contribution < -0.4 is 0 Å². The number of aryl methyl sites for hydroxylation is 1. The predicted molar refractivity (Wildman–Crippen MR) is 127 cm³/mol. The van der Waals surface area contributed by atoms with Gasteiger partial charge in [-0.3, -0.25) is 4.79 Å². The average molecular weight is 440 g/mol. The monoisotopic (exact) mass is 439 g/mol. The molecule has 1 aromatic carbocycles. The van der Waals surface area contributed by atoms with E-state index in [9.17, 15) is 15.0 Å². The molecule has 0 saturated heterocycles. The van der Waals surface area contributed by atoms with Gasteiger partial charge < -0.3 is 19.5 Å². The van der Waals surface area contributed by atoms with E-state index in [2.05, 4.69) is 29.7 Å². The van der Waals surface area contributed by atoms with Crippen LogP contribution in [0.3, 0.4) is 0 Å². The summed E-state index contributed by atoms with van der Waals surface area (Å²) in [6.45, 7) is 2.16. The van der Waals surface area contributed by atoms with Crippen molar-refractivity contribution in [2.75, 3.05) is 7.11 Å². The smallest absolute Gasteiger partial charge is 0.305 e. The molecule has 0 amide bonds. The fourth-order valence-electron chi connectivity index (χ4n) is 4.60. The summed E-state index contributed by atoms with van der Waals surface area (Å²) in [4.78, 5) is 11.4. The number of nitrogens with zero attached hydrogens (tertiary/aromatic N) is 1. The second-order valence-corrected chi connectivity index (χ2v) is 8.74. The van der Waals surface area contributed by atoms with Gasteiger partial charge in [-0.1, -0.05) is 56.5 Å². The van der Waals surface area contributed by atoms with Gasteiger partial charge in [-0.25, -0.2) is 0 Å². The summed E-state index contributed by atoms with van der Waals surface area (Å²) < 4.78 is 7.01. The molecule has 2 N–H and O–H groups in total. The Hall–Kier alpha value is -2.37. The van der Waals surface area contributed by atoms with Gasteiger partial charge in [0, 0.05) is 35.8 Å². The Bertz CT molecular complexity index is 887. The normalized spacial score (nSPS) is 18.8. The van der Waals surface area contributed by atoms with Gasteiger partial charge >= 0.3 is 5.97 Å². The summed E-state index contributed by atoms with van der Waals surface area (Å²) in [7, 11) is 1.42. The third-order valence-electron chi connectivity index (χ3n) is 6.34. The summed E-state index contributed by atoms with van der Waals surface area (Å²) in [5, 5.41) is 21.1. The van der Waals surface area contributed by atoms with Gasteiger partial charge in [-0.15, -0.1) is 0 Å². The van der Waals surface area contributed by atoms with Crippen molar-refractivity contribution in [3.63, 3.8) is 0 Å². The van der Waals surface area contributed by atoms with Crippen LogP contribution in [0.4, 0.5) is 0 Å². The van der Waals surface area contributed by atoms with Gasteiger partial charge in [0.2, 0.25) is 0 Å². The Kier molecular flexibility index (Phi) is 9.12. The molecule has 5 nitrogen and oxygen atoms in total. The maximum absolute atomic E-state index is 11.4. The number of aliphatic hydroxyl groups excluding tert-OH is 2. The van der Waals surface area contributed by atoms with Gasteiger partial charge in [0.05, 0.1) is 19.3 Å². The number of aromatic nitrogens is 1. The van der Waals surface area contributed by atoms with Crippen LogP contribution in [0.2, 0.25) is 0 Å². The van der Waals surface area contributed by atoms with Crippen LogP contribution in [0, 0.1) is 0 Å². The first-order valence-corrected chi connectivity index (χ1v) is 11.9. The van der Waals surface area contributed by atoms with Gasteiger partial charge in [0.25, 0.3) is 0 Å². The summed E-state index contributed by atoms with van der Waals surface area (Å²) in [6.07, 6.45) is 10.5. The number of carbonyl (C=O) groups excluding carboxylic acids is 1. The summed E-state index contributed by atoms with van der Waals surface area (Å²) >= 11 is 0. The quantitative estimate of drug-likeness (QED) is 0.281. The van der Waals surface area contributed by atoms with E-state index >= 15 is 0 Å². The minimum Gasteiger partial charge on any atom is -0.469 e. The van der Waals surface area contributed by atoms with E-state index in [-0.39, 0.29) is 11.9 Å². The van der Waals surface area contributed by atoms with Crippen molar-refractivity contribution in [1.82, 2.24) is 4.57 Å². The zero-order valence-electron chi connectivity index (χ0n) is 19.4. The predicted octanol–water partition coefficient (Wildman–Crippen LogP) is 4.86. The third-order valence-corrected chi connectivity index (χ3v) is 6.34. The number of hydrogen-bond donors (Lipinski definition) is 2. The standard InChI is InChI=1S/C27H37NO4/c1-3-4-6-14-22(29)16-17-23-24-18-21(13-9-10-15-27(31)32-2)28(25(24)19-26(23)30)20-11-7-5-8-12-20/h5,7-8,11-12,16-18,22-23,26,29-30H,3-4,6,9-10,13-15,19H2,1-2H3/b17-16+/t22-,23?,26+/m0/s1. The van der Waals surface area contributed by atoms with Crippen molar-refractivity contribution in [3.8, 4) is 5.69 Å². The lowest BCUT2D eigenvalue weighted by Gasteiger charge is -2.14. The molecule has 0 spiro atoms. The average Bonchev–Trinajstić information content (AvgIpc) is 3.29. The van der Waals surface area contributed by atoms with Crippen LogP contribution in [0.5, 0.6) is 0 Å². The van der Waals surface area contributed by atoms with E-state index in [1.807, 2.05) is 30.4 Å². The number of aliphatic hydroxyl groups is 2. The van der Waals surface area contributed by atoms with Crippen LogP contribution in [0.15, 0.2) is 48.6 Å². The lowest BCUT2D eigenvalue weighted by atomic mass is 9.98. The fraction of sp³-hybridized carbons (Fsp3) is 0.519. The minimum atomic E-state index is -0.484. The number of esters is 1. The molecule has 1 unspecified atom stereocenters. The Morgan fingerprint density at radius 1 is 1.22 bits per heavy atom. The van der Waals surface area contributed by atoms with Gasteiger partial charge in [-0.05, 0) is 49.4 Å². The molecular weight excluding hydrogens is 402 g/mol. The second-order valence-electron chi connectivity index (χ2n) is 8.74. The molecule has 3 atom stereocenters. The van der Waals surface area contributed by atoms with Gasteiger partial charge in [-0.2, -0.15) is 0 Å². The van der Waals surface area contributed by atoms with Crippen LogP contribution in [0.25, 0.3) is 5.69 Å². The SMILES string of the molecule is CCCCC[C@H](O)/C=C/C1c2cc(CCCCC(=O)OC)n(-c3ccccc3)c2C[C@H]1O. The fourth-order valence-corrected chi connectivity index (χ4v) is 4.60. The topological polar surface area (TPSA) is 71.7 Å². The number of hydrogen-bond acceptors (Lipinski definition) is 4. The van der Waals surface area contributed by atoms with E-state index in [1.165, 1.54) is 12.8 Å². The maximum atomic E-state index is 11.4. The number of rotatable bonds is 12. The molecule has 1 heterocycles. The number of unbranched alkanes of at least 4 members (excludes halogenated alkanes) is 3. The Morgan fingerprint density at radius 3 is 2.72 bits per heavy atom. The maximum Gasteiger partial charge on any atom is 0.305 e.